The number of benzene rings is 1. The Hall–Kier alpha value is -7.14. The molecule has 0 aliphatic heterocycles. The van der Waals surface area contributed by atoms with E-state index in [0.717, 1.165) is 194 Å². The van der Waals surface area contributed by atoms with E-state index in [4.69, 9.17) is 0 Å². The van der Waals surface area contributed by atoms with Gasteiger partial charge in [-0.25, -0.2) is 4.39 Å². The van der Waals surface area contributed by atoms with Crippen LogP contribution in [0.25, 0.3) is 43.9 Å². The van der Waals surface area contributed by atoms with Crippen LogP contribution in [0.1, 0.15) is 287 Å². The average molecular weight is 1760 g/mol. The third-order valence-electron chi connectivity index (χ3n) is 41.1. The highest BCUT2D eigenvalue weighted by Gasteiger charge is 2.64. The minimum Gasteiger partial charge on any atom is -0.390 e. The Bertz CT molecular complexity index is 5260. The van der Waals surface area contributed by atoms with E-state index in [1.165, 1.54) is 158 Å². The summed E-state index contributed by atoms with van der Waals surface area (Å²) in [5.74, 6) is 16.5. The van der Waals surface area contributed by atoms with Crippen LogP contribution < -0.4 is 0 Å². The second-order valence-corrected chi connectivity index (χ2v) is 48.2. The van der Waals surface area contributed by atoms with Crippen LogP contribution in [0.4, 0.5) is 4.39 Å². The van der Waals surface area contributed by atoms with E-state index in [-0.39, 0.29) is 70.0 Å². The number of hydrogen-bond donors (Lipinski definition) is 4. The van der Waals surface area contributed by atoms with Gasteiger partial charge in [-0.15, -0.1) is 0 Å². The number of nitrogens with zero attached hydrogens (tertiary/aromatic N) is 13. The molecular formula is C107H146FN13O8. The molecule has 16 aliphatic carbocycles. The van der Waals surface area contributed by atoms with Gasteiger partial charge >= 0.3 is 0 Å². The van der Waals surface area contributed by atoms with E-state index in [0.29, 0.717) is 88.8 Å². The number of halogens is 1. The Morgan fingerprint density at radius 3 is 1.09 bits per heavy atom. The van der Waals surface area contributed by atoms with Gasteiger partial charge in [-0.05, 0) is 429 Å². The van der Waals surface area contributed by atoms with Crippen molar-refractivity contribution in [1.29, 1.82) is 0 Å². The lowest BCUT2D eigenvalue weighted by Gasteiger charge is -2.56. The Kier molecular flexibility index (Phi) is 23.1. The van der Waals surface area contributed by atoms with Gasteiger partial charge in [0.25, 0.3) is 0 Å². The molecule has 8 aromatic rings. The molecule has 22 heteroatoms. The highest BCUT2D eigenvalue weighted by Crippen LogP contribution is 2.70. The molecule has 129 heavy (non-hydrogen) atoms. The summed E-state index contributed by atoms with van der Waals surface area (Å²) in [6.45, 7) is 19.0. The first-order valence-corrected chi connectivity index (χ1v) is 51.5. The van der Waals surface area contributed by atoms with Gasteiger partial charge in [0.2, 0.25) is 0 Å². The van der Waals surface area contributed by atoms with Crippen molar-refractivity contribution >= 4 is 67.0 Å². The van der Waals surface area contributed by atoms with Gasteiger partial charge in [0.05, 0.1) is 59.3 Å². The molecule has 0 unspecified atom stereocenters. The highest BCUT2D eigenvalue weighted by molar-refractivity contribution is 5.86. The van der Waals surface area contributed by atoms with Crippen LogP contribution >= 0.6 is 0 Å². The normalized spacial score (nSPS) is 43.2. The lowest BCUT2D eigenvalue weighted by Crippen LogP contribution is -2.51. The first-order valence-electron chi connectivity index (χ1n) is 51.5. The Morgan fingerprint density at radius 1 is 0.333 bits per heavy atom. The fraction of sp³-hybridized carbons (Fsp3) is 0.748. The lowest BCUT2D eigenvalue weighted by molar-refractivity contribution is -0.133. The third-order valence-corrected chi connectivity index (χ3v) is 41.1. The minimum absolute atomic E-state index is 0.0686. The maximum absolute atomic E-state index is 13.6. The summed E-state index contributed by atoms with van der Waals surface area (Å²) in [4.78, 5) is 69.5. The van der Waals surface area contributed by atoms with Crippen LogP contribution in [0.5, 0.6) is 0 Å². The van der Waals surface area contributed by atoms with Crippen molar-refractivity contribution in [3.05, 3.63) is 91.8 Å². The van der Waals surface area contributed by atoms with Crippen LogP contribution in [0.15, 0.2) is 86.0 Å². The molecule has 694 valence electrons. The topological polar surface area (TPSA) is 285 Å². The van der Waals surface area contributed by atoms with Crippen molar-refractivity contribution in [3.63, 3.8) is 0 Å². The number of Topliss-reactive ketones (excluding diaryl/α,β-unsaturated/α-hetero) is 4. The molecule has 0 bridgehead atoms. The fourth-order valence-corrected chi connectivity index (χ4v) is 35.4. The average Bonchev–Trinajstić information content (AvgIpc) is 1.63. The number of ketones is 4. The number of fused-ring (bicyclic) bond motifs is 24. The van der Waals surface area contributed by atoms with Crippen molar-refractivity contribution in [2.45, 2.75) is 335 Å². The monoisotopic (exact) mass is 1760 g/mol. The quantitative estimate of drug-likeness (QED) is 0.0884. The first kappa shape index (κ1) is 88.5. The smallest absolute Gasteiger partial charge is 0.159 e. The van der Waals surface area contributed by atoms with Crippen molar-refractivity contribution in [3.8, 4) is 0 Å². The largest absolute Gasteiger partial charge is 0.390 e. The molecule has 0 radical (unpaired) electrons. The molecule has 7 aromatic heterocycles. The van der Waals surface area contributed by atoms with E-state index in [1.807, 2.05) is 73.8 Å². The molecule has 16 aliphatic rings. The molecular weight excluding hydrogens is 1610 g/mol. The summed E-state index contributed by atoms with van der Waals surface area (Å²) in [6, 6.07) is 10.1. The number of aromatic nitrogens is 13. The molecule has 4 N–H and O–H groups in total. The first-order chi connectivity index (χ1) is 61.8. The highest BCUT2D eigenvalue weighted by atomic mass is 19.1. The zero-order chi connectivity index (χ0) is 89.2. The molecule has 0 amide bonds. The lowest BCUT2D eigenvalue weighted by atomic mass is 9.49. The zero-order valence-corrected chi connectivity index (χ0v) is 78.3. The molecule has 0 saturated heterocycles. The Morgan fingerprint density at radius 2 is 0.682 bits per heavy atom. The molecule has 32 atom stereocenters. The van der Waals surface area contributed by atoms with Gasteiger partial charge in [0.15, 0.2) is 23.1 Å². The van der Waals surface area contributed by atoms with Crippen LogP contribution in [-0.4, -0.2) is 130 Å². The van der Waals surface area contributed by atoms with Gasteiger partial charge < -0.3 is 20.4 Å². The summed E-state index contributed by atoms with van der Waals surface area (Å²) in [7, 11) is 0. The summed E-state index contributed by atoms with van der Waals surface area (Å²) >= 11 is 0. The standard InChI is InChI=1S/C27H36FN3O2.2C27H37N3O2.C26H36N4O2/c1-26(33)11-9-18-16(14-26)3-5-20-19(18)10-12-27(2)21(20)6-7-22(27)25(32)15-31-29-23-8-4-17(28)13-24(23)30-31;1-26(32)10-7-19-17(13-26)3-4-21-20(19)8-11-27(2)22(21)5-6-23(27)25(31)16-30-15-18-9-12-28-14-24(18)29-30;1-26(32)10-7-19-17(13-26)3-4-21-20(19)8-11-27(2)22(21)5-6-23(27)25(31)16-30-24-15-28-12-9-18(24)14-29-30;1-25(32)10-7-17-16(13-25)3-4-19-18(17)8-11-26(2)20(19)5-6-21(26)24(31)15-30-28-22-9-12-27-14-23(22)29-30/h4,8,13,16,18-22,33H,3,5-7,9-12,14-15H2,1-2H3;2*9,12,14-15,17,19-23,32H,3-8,10-11,13,16H2,1-2H3;9,12,14,16-21,32H,3-8,10-11,13,15H2,1-2H3/t16-,18-,19+,20+,21-,22+,26+,27-;2*17-,19-,20+,21+,22-,23+,26+,27-;16-,17-,18+,19+,20-,21+,25+,26-/m0000/s1. The molecule has 0 spiro atoms. The Labute approximate surface area is 761 Å². The van der Waals surface area contributed by atoms with Gasteiger partial charge in [0, 0.05) is 65.3 Å². The summed E-state index contributed by atoms with van der Waals surface area (Å²) in [6.07, 6.45) is 55.8. The maximum Gasteiger partial charge on any atom is 0.159 e. The second-order valence-electron chi connectivity index (χ2n) is 48.2. The summed E-state index contributed by atoms with van der Waals surface area (Å²) in [5.41, 5.74) is 3.16. The maximum atomic E-state index is 13.6. The molecule has 24 rings (SSSR count). The third kappa shape index (κ3) is 16.3. The predicted octanol–water partition coefficient (Wildman–Crippen LogP) is 19.6. The summed E-state index contributed by atoms with van der Waals surface area (Å²) in [5, 5.41) is 71.4. The van der Waals surface area contributed by atoms with Crippen LogP contribution in [0.3, 0.4) is 0 Å². The molecule has 21 nitrogen and oxygen atoms in total. The fourth-order valence-electron chi connectivity index (χ4n) is 35.4. The van der Waals surface area contributed by atoms with Gasteiger partial charge in [-0.2, -0.15) is 40.2 Å². The second kappa shape index (κ2) is 33.7. The summed E-state index contributed by atoms with van der Waals surface area (Å²) < 4.78 is 17.2. The number of carbonyl (C=O) groups excluding carboxylic acids is 4. The molecule has 16 fully saturated rings. The van der Waals surface area contributed by atoms with E-state index in [2.05, 4.69) is 73.2 Å². The van der Waals surface area contributed by atoms with Crippen LogP contribution in [0, 0.1) is 170 Å². The van der Waals surface area contributed by atoms with Gasteiger partial charge in [-0.3, -0.25) is 43.5 Å². The van der Waals surface area contributed by atoms with Crippen molar-refractivity contribution in [2.75, 3.05) is 0 Å². The van der Waals surface area contributed by atoms with Crippen molar-refractivity contribution in [1.82, 2.24) is 64.5 Å². The van der Waals surface area contributed by atoms with Crippen molar-refractivity contribution in [2.24, 2.45) is 164 Å². The molecule has 16 saturated carbocycles. The van der Waals surface area contributed by atoms with Gasteiger partial charge in [-0.1, -0.05) is 27.7 Å². The number of hydrogen-bond acceptors (Lipinski definition) is 17. The number of aliphatic hydroxyl groups is 4. The van der Waals surface area contributed by atoms with Crippen LogP contribution in [-0.2, 0) is 45.4 Å². The van der Waals surface area contributed by atoms with E-state index >= 15 is 0 Å². The molecule has 1 aromatic carbocycles. The Balaban J connectivity index is 0.000000104. The van der Waals surface area contributed by atoms with E-state index < -0.39 is 22.4 Å². The zero-order valence-electron chi connectivity index (χ0n) is 78.3. The van der Waals surface area contributed by atoms with Crippen molar-refractivity contribution < 1.29 is 44.0 Å². The van der Waals surface area contributed by atoms with E-state index in [1.54, 1.807) is 41.8 Å². The predicted molar refractivity (Wildman–Crippen MR) is 493 cm³/mol. The van der Waals surface area contributed by atoms with Gasteiger partial charge in [0.1, 0.15) is 53.0 Å². The SMILES string of the molecule is C[C@@]1(O)CC[C@H]2[C@@H](CC[C@@H]3[C@@H]2CC[C@]2(C)[C@@H](C(=O)Cn4cc5ccncc5n4)CC[C@@H]32)C1.C[C@@]1(O)CC[C@H]2[C@@H](CC[C@@H]3[C@@H]2CC[C@]2(C)[C@@H](C(=O)Cn4nc5ccc(F)cc5n4)CC[C@@H]32)C1.C[C@@]1(O)CC[C@H]2[C@@H](CC[C@@H]3[C@@H]2CC[C@]2(C)[C@@H](C(=O)Cn4nc5ccncc5n4)CC[C@@H]32)C1.C[C@@]1(O)CC[C@H]2[C@@H](CC[C@@H]3[C@@H]2CC[C@]2(C)[C@@H](C(=O)Cn4ncc5ccncc54)CC[C@@H]32)C1. The minimum atomic E-state index is -0.473. The number of carbonyl (C=O) groups is 4. The number of rotatable bonds is 12. The van der Waals surface area contributed by atoms with E-state index in [9.17, 15) is 44.0 Å². The number of pyridine rings is 3. The van der Waals surface area contributed by atoms with Crippen LogP contribution in [0.2, 0.25) is 0 Å². The molecule has 7 heterocycles.